The first kappa shape index (κ1) is 27.9. The average molecular weight is 643 g/mol. The molecule has 0 radical (unpaired) electrons. The van der Waals surface area contributed by atoms with Crippen molar-refractivity contribution in [2.45, 2.75) is 0 Å². The van der Waals surface area contributed by atoms with Crippen molar-refractivity contribution < 1.29 is 0 Å². The van der Waals surface area contributed by atoms with Gasteiger partial charge in [0.1, 0.15) is 0 Å². The van der Waals surface area contributed by atoms with Gasteiger partial charge in [0, 0.05) is 59.1 Å². The average Bonchev–Trinajstić information content (AvgIpc) is 3.71. The molecular formula is C46H30N2S. The minimum atomic E-state index is 1.12. The van der Waals surface area contributed by atoms with Gasteiger partial charge in [-0.1, -0.05) is 121 Å². The number of para-hydroxylation sites is 2. The van der Waals surface area contributed by atoms with Crippen LogP contribution in [0.25, 0.3) is 69.6 Å². The molecule has 0 aliphatic rings. The highest BCUT2D eigenvalue weighted by atomic mass is 32.1. The molecule has 0 aliphatic heterocycles. The maximum Gasteiger partial charge on any atom is 0.0625 e. The molecule has 0 saturated carbocycles. The van der Waals surface area contributed by atoms with Crippen LogP contribution in [0.4, 0.5) is 17.1 Å². The van der Waals surface area contributed by atoms with E-state index >= 15 is 0 Å². The Bertz CT molecular complexity index is 2810. The zero-order valence-corrected chi connectivity index (χ0v) is 27.4. The van der Waals surface area contributed by atoms with Crippen molar-refractivity contribution in [3.8, 4) is 16.8 Å². The smallest absolute Gasteiger partial charge is 0.0625 e. The van der Waals surface area contributed by atoms with Gasteiger partial charge in [0.15, 0.2) is 0 Å². The van der Waals surface area contributed by atoms with Gasteiger partial charge in [-0.2, -0.15) is 0 Å². The molecule has 0 amide bonds. The second-order valence-corrected chi connectivity index (χ2v) is 13.6. The van der Waals surface area contributed by atoms with E-state index in [4.69, 9.17) is 0 Å². The molecule has 0 N–H and O–H groups in total. The molecule has 0 unspecified atom stereocenters. The second-order valence-electron chi connectivity index (χ2n) is 12.6. The number of aromatic nitrogens is 1. The lowest BCUT2D eigenvalue weighted by Gasteiger charge is -2.26. The van der Waals surface area contributed by atoms with E-state index in [0.29, 0.717) is 0 Å². The molecule has 0 atom stereocenters. The van der Waals surface area contributed by atoms with Gasteiger partial charge in [-0.15, -0.1) is 11.3 Å². The molecule has 10 aromatic rings. The van der Waals surface area contributed by atoms with E-state index < -0.39 is 0 Å². The molecule has 2 aromatic heterocycles. The van der Waals surface area contributed by atoms with Crippen LogP contribution in [0.2, 0.25) is 0 Å². The quantitative estimate of drug-likeness (QED) is 0.181. The Morgan fingerprint density at radius 1 is 0.429 bits per heavy atom. The van der Waals surface area contributed by atoms with Crippen molar-refractivity contribution in [1.29, 1.82) is 0 Å². The van der Waals surface area contributed by atoms with Gasteiger partial charge in [0.2, 0.25) is 0 Å². The number of hydrogen-bond acceptors (Lipinski definition) is 2. The third-order valence-electron chi connectivity index (χ3n) is 9.73. The number of thiophene rings is 1. The number of nitrogens with zero attached hydrogens (tertiary/aromatic N) is 2. The Morgan fingerprint density at radius 2 is 1.04 bits per heavy atom. The first-order valence-electron chi connectivity index (χ1n) is 16.7. The highest BCUT2D eigenvalue weighted by molar-refractivity contribution is 7.25. The van der Waals surface area contributed by atoms with E-state index in [9.17, 15) is 0 Å². The van der Waals surface area contributed by atoms with Crippen LogP contribution in [-0.4, -0.2) is 4.57 Å². The molecule has 0 fully saturated rings. The van der Waals surface area contributed by atoms with Gasteiger partial charge in [0.05, 0.1) is 11.0 Å². The summed E-state index contributed by atoms with van der Waals surface area (Å²) in [7, 11) is 0. The van der Waals surface area contributed by atoms with E-state index in [1.807, 2.05) is 11.3 Å². The summed E-state index contributed by atoms with van der Waals surface area (Å²) in [6.45, 7) is 0. The summed E-state index contributed by atoms with van der Waals surface area (Å²) in [4.78, 5) is 2.40. The number of rotatable bonds is 5. The predicted octanol–water partition coefficient (Wildman–Crippen LogP) is 13.4. The van der Waals surface area contributed by atoms with Gasteiger partial charge >= 0.3 is 0 Å². The molecule has 49 heavy (non-hydrogen) atoms. The van der Waals surface area contributed by atoms with Crippen molar-refractivity contribution in [3.05, 3.63) is 182 Å². The fourth-order valence-electron chi connectivity index (χ4n) is 7.58. The zero-order chi connectivity index (χ0) is 32.3. The van der Waals surface area contributed by atoms with Crippen molar-refractivity contribution in [3.63, 3.8) is 0 Å². The van der Waals surface area contributed by atoms with E-state index in [0.717, 1.165) is 22.7 Å². The SMILES string of the molecule is c1ccc(-c2cc3ccccc3c3c2c2ccc(N(c4ccccc4)c4ccc5c(c4)sc4ccccc45)cc2n3-c2ccccc2)cc1. The standard InChI is InChI=1S/C46H30N2S/c1-4-14-31(15-5-1)41-28-32-16-10-11-21-37(32)46-45(41)40-27-25-35(29-42(40)48(46)34-19-8-3-9-20-34)47(33-17-6-2-7-18-33)36-24-26-39-38-22-12-13-23-43(38)49-44(39)30-36/h1-30H. The summed E-state index contributed by atoms with van der Waals surface area (Å²) in [5.74, 6) is 0. The Kier molecular flexibility index (Phi) is 6.39. The summed E-state index contributed by atoms with van der Waals surface area (Å²) in [5, 5.41) is 7.60. The maximum atomic E-state index is 2.47. The first-order chi connectivity index (χ1) is 24.3. The van der Waals surface area contributed by atoms with Crippen LogP contribution in [0.3, 0.4) is 0 Å². The molecule has 8 aromatic carbocycles. The lowest BCUT2D eigenvalue weighted by Crippen LogP contribution is -2.09. The minimum Gasteiger partial charge on any atom is -0.310 e. The third-order valence-corrected chi connectivity index (χ3v) is 10.9. The first-order valence-corrected chi connectivity index (χ1v) is 17.5. The molecular weight excluding hydrogens is 613 g/mol. The molecule has 10 rings (SSSR count). The molecule has 0 saturated heterocycles. The summed E-state index contributed by atoms with van der Waals surface area (Å²) >= 11 is 1.86. The van der Waals surface area contributed by atoms with Crippen LogP contribution in [0, 0.1) is 0 Å². The van der Waals surface area contributed by atoms with Crippen LogP contribution in [0.1, 0.15) is 0 Å². The highest BCUT2D eigenvalue weighted by Gasteiger charge is 2.22. The van der Waals surface area contributed by atoms with Gasteiger partial charge in [0.25, 0.3) is 0 Å². The molecule has 0 aliphatic carbocycles. The monoisotopic (exact) mass is 642 g/mol. The molecule has 2 nitrogen and oxygen atoms in total. The van der Waals surface area contributed by atoms with Crippen molar-refractivity contribution in [1.82, 2.24) is 4.57 Å². The lowest BCUT2D eigenvalue weighted by atomic mass is 9.95. The summed E-state index contributed by atoms with van der Waals surface area (Å²) in [5.41, 5.74) is 9.40. The van der Waals surface area contributed by atoms with Gasteiger partial charge < -0.3 is 9.47 Å². The van der Waals surface area contributed by atoms with Crippen LogP contribution in [0.15, 0.2) is 182 Å². The zero-order valence-electron chi connectivity index (χ0n) is 26.6. The van der Waals surface area contributed by atoms with Crippen LogP contribution >= 0.6 is 11.3 Å². The second kappa shape index (κ2) is 11.2. The highest BCUT2D eigenvalue weighted by Crippen LogP contribution is 2.46. The Hall–Kier alpha value is -6.16. The molecule has 3 heteroatoms. The number of anilines is 3. The Labute approximate surface area is 288 Å². The van der Waals surface area contributed by atoms with Gasteiger partial charge in [-0.25, -0.2) is 0 Å². The summed E-state index contributed by atoms with van der Waals surface area (Å²) in [6, 6.07) is 66.2. The molecule has 0 spiro atoms. The topological polar surface area (TPSA) is 8.17 Å². The summed E-state index contributed by atoms with van der Waals surface area (Å²) in [6.07, 6.45) is 0. The van der Waals surface area contributed by atoms with E-state index in [2.05, 4.69) is 191 Å². The van der Waals surface area contributed by atoms with Crippen LogP contribution in [0.5, 0.6) is 0 Å². The van der Waals surface area contributed by atoms with Crippen molar-refractivity contribution >= 4 is 81.1 Å². The largest absolute Gasteiger partial charge is 0.310 e. The number of hydrogen-bond donors (Lipinski definition) is 0. The lowest BCUT2D eigenvalue weighted by molar-refractivity contribution is 1.18. The van der Waals surface area contributed by atoms with Crippen LogP contribution < -0.4 is 4.90 Å². The van der Waals surface area contributed by atoms with Crippen molar-refractivity contribution in [2.75, 3.05) is 4.90 Å². The minimum absolute atomic E-state index is 1.12. The molecule has 0 bridgehead atoms. The maximum absolute atomic E-state index is 2.47. The Balaban J connectivity index is 1.29. The summed E-state index contributed by atoms with van der Waals surface area (Å²) < 4.78 is 5.08. The van der Waals surface area contributed by atoms with Crippen LogP contribution in [-0.2, 0) is 0 Å². The van der Waals surface area contributed by atoms with E-state index in [1.165, 1.54) is 63.9 Å². The third kappa shape index (κ3) is 4.47. The number of benzene rings is 8. The normalized spacial score (nSPS) is 11.7. The molecule has 230 valence electrons. The van der Waals surface area contributed by atoms with Gasteiger partial charge in [-0.3, -0.25) is 0 Å². The van der Waals surface area contributed by atoms with E-state index in [1.54, 1.807) is 0 Å². The fraction of sp³-hybridized carbons (Fsp3) is 0. The van der Waals surface area contributed by atoms with Crippen molar-refractivity contribution in [2.24, 2.45) is 0 Å². The predicted molar refractivity (Wildman–Crippen MR) is 211 cm³/mol. The number of fused-ring (bicyclic) bond motifs is 8. The fourth-order valence-corrected chi connectivity index (χ4v) is 8.72. The van der Waals surface area contributed by atoms with E-state index in [-0.39, 0.29) is 0 Å². The van der Waals surface area contributed by atoms with Gasteiger partial charge in [-0.05, 0) is 77.2 Å². The Morgan fingerprint density at radius 3 is 1.84 bits per heavy atom. The molecule has 2 heterocycles.